The largest absolute Gasteiger partial charge is 1.00 e. The van der Waals surface area contributed by atoms with Crippen LogP contribution >= 0.6 is 0 Å². The van der Waals surface area contributed by atoms with Gasteiger partial charge in [0.05, 0.1) is 36.5 Å². The minimum Gasteiger partial charge on any atom is -1.00 e. The van der Waals surface area contributed by atoms with Crippen molar-refractivity contribution in [1.82, 2.24) is 0 Å². The van der Waals surface area contributed by atoms with Crippen molar-refractivity contribution < 1.29 is 26.8 Å². The molecule has 2 unspecified atom stereocenters. The normalized spacial score (nSPS) is 13.4. The minimum absolute atomic E-state index is 0. The molecule has 1 heterocycles. The topological polar surface area (TPSA) is 132 Å². The van der Waals surface area contributed by atoms with Crippen LogP contribution in [0.15, 0.2) is 74.0 Å². The maximum atomic E-state index is 13.2. The van der Waals surface area contributed by atoms with E-state index in [0.29, 0.717) is 23.2 Å². The monoisotopic (exact) mass is 485 g/mol. The maximum Gasteiger partial charge on any atom is 0.343 e. The minimum atomic E-state index is -0.575. The number of hydrogen-bond donors (Lipinski definition) is 4. The number of nitrogens with one attached hydrogen (secondary N) is 1. The van der Waals surface area contributed by atoms with E-state index in [9.17, 15) is 9.90 Å². The van der Waals surface area contributed by atoms with Crippen molar-refractivity contribution in [3.8, 4) is 5.75 Å². The Morgan fingerprint density at radius 3 is 2.26 bits per heavy atom. The summed E-state index contributed by atoms with van der Waals surface area (Å²) >= 11 is 0. The molecule has 0 bridgehead atoms. The van der Waals surface area contributed by atoms with Crippen molar-refractivity contribution in [2.75, 3.05) is 19.6 Å². The van der Waals surface area contributed by atoms with Crippen LogP contribution in [0.3, 0.4) is 0 Å². The summed E-state index contributed by atoms with van der Waals surface area (Å²) in [5, 5.41) is 19.9. The molecule has 1 aromatic heterocycles. The van der Waals surface area contributed by atoms with E-state index in [0.717, 1.165) is 18.7 Å². The molecule has 3 rings (SSSR count). The van der Waals surface area contributed by atoms with Crippen LogP contribution in [0, 0.1) is 5.92 Å². The second kappa shape index (κ2) is 12.2. The Morgan fingerprint density at radius 1 is 1.03 bits per heavy atom. The van der Waals surface area contributed by atoms with Gasteiger partial charge in [-0.1, -0.05) is 42.5 Å². The number of benzene rings is 2. The summed E-state index contributed by atoms with van der Waals surface area (Å²) in [4.78, 5) is 14.6. The highest BCUT2D eigenvalue weighted by Gasteiger charge is 2.35. The van der Waals surface area contributed by atoms with Gasteiger partial charge in [0.2, 0.25) is 5.96 Å². The quantitative estimate of drug-likeness (QED) is 0.131. The summed E-state index contributed by atoms with van der Waals surface area (Å²) in [6.07, 6.45) is 0. The molecular weight excluding hydrogens is 454 g/mol. The van der Waals surface area contributed by atoms with Crippen LogP contribution in [0.5, 0.6) is 5.75 Å². The van der Waals surface area contributed by atoms with Crippen LogP contribution in [0.25, 0.3) is 11.0 Å². The Hall–Kier alpha value is -3.36. The van der Waals surface area contributed by atoms with Crippen LogP contribution in [0.1, 0.15) is 37.8 Å². The summed E-state index contributed by atoms with van der Waals surface area (Å²) in [6, 6.07) is 16.6. The number of guanidine groups is 1. The van der Waals surface area contributed by atoms with Crippen LogP contribution < -0.4 is 34.4 Å². The van der Waals surface area contributed by atoms with Crippen molar-refractivity contribution in [1.29, 1.82) is 0 Å². The van der Waals surface area contributed by atoms with Gasteiger partial charge in [-0.25, -0.2) is 4.79 Å². The highest BCUT2D eigenvalue weighted by Crippen LogP contribution is 2.38. The first-order chi connectivity index (χ1) is 15.9. The number of halogens is 1. The van der Waals surface area contributed by atoms with E-state index in [1.165, 1.54) is 4.90 Å². The van der Waals surface area contributed by atoms with Crippen LogP contribution in [-0.4, -0.2) is 36.4 Å². The van der Waals surface area contributed by atoms with E-state index in [4.69, 9.17) is 15.9 Å². The summed E-state index contributed by atoms with van der Waals surface area (Å²) < 4.78 is 5.63. The second-order valence-corrected chi connectivity index (χ2v) is 8.07. The lowest BCUT2D eigenvalue weighted by Gasteiger charge is -2.30. The SMILES string of the molecule is CC[NH+](CC)CC(/C(C)=N/N=C(N)N)C(c1ccccc1)c1c(O)c2ccccc2oc1=O.[Cl-]. The molecule has 2 atom stereocenters. The van der Waals surface area contributed by atoms with E-state index < -0.39 is 11.5 Å². The van der Waals surface area contributed by atoms with Gasteiger partial charge in [-0.05, 0) is 38.5 Å². The Balaban J connectivity index is 0.00000408. The Bertz CT molecular complexity index is 1200. The van der Waals surface area contributed by atoms with Gasteiger partial charge in [-0.2, -0.15) is 5.10 Å². The van der Waals surface area contributed by atoms with Crippen molar-refractivity contribution in [2.24, 2.45) is 27.6 Å². The smallest absolute Gasteiger partial charge is 0.343 e. The van der Waals surface area contributed by atoms with E-state index >= 15 is 0 Å². The van der Waals surface area contributed by atoms with Crippen molar-refractivity contribution in [3.63, 3.8) is 0 Å². The number of quaternary nitrogens is 1. The third kappa shape index (κ3) is 5.95. The first-order valence-electron chi connectivity index (χ1n) is 11.1. The molecule has 0 aliphatic heterocycles. The Kier molecular flexibility index (Phi) is 9.65. The molecule has 6 N–H and O–H groups in total. The van der Waals surface area contributed by atoms with Gasteiger partial charge < -0.3 is 38.3 Å². The third-order valence-electron chi connectivity index (χ3n) is 6.06. The van der Waals surface area contributed by atoms with E-state index in [1.54, 1.807) is 24.3 Å². The van der Waals surface area contributed by atoms with Gasteiger partial charge in [0.25, 0.3) is 0 Å². The zero-order valence-electron chi connectivity index (χ0n) is 19.7. The number of aromatic hydroxyl groups is 1. The average molecular weight is 486 g/mol. The Labute approximate surface area is 205 Å². The zero-order valence-corrected chi connectivity index (χ0v) is 20.4. The molecule has 9 heteroatoms. The molecular formula is C25H32ClN5O3. The molecule has 0 fully saturated rings. The summed E-state index contributed by atoms with van der Waals surface area (Å²) in [6.45, 7) is 8.50. The molecule has 0 amide bonds. The predicted molar refractivity (Wildman–Crippen MR) is 132 cm³/mol. The molecule has 34 heavy (non-hydrogen) atoms. The summed E-state index contributed by atoms with van der Waals surface area (Å²) in [5.41, 5.74) is 12.5. The summed E-state index contributed by atoms with van der Waals surface area (Å²) in [7, 11) is 0. The molecule has 0 aliphatic carbocycles. The van der Waals surface area contributed by atoms with E-state index in [-0.39, 0.29) is 35.6 Å². The van der Waals surface area contributed by atoms with E-state index in [1.807, 2.05) is 37.3 Å². The fourth-order valence-corrected chi connectivity index (χ4v) is 4.25. The fraction of sp³-hybridized carbons (Fsp3) is 0.320. The first-order valence-corrected chi connectivity index (χ1v) is 11.1. The molecule has 0 spiro atoms. The lowest BCUT2D eigenvalue weighted by Crippen LogP contribution is -3.12. The van der Waals surface area contributed by atoms with Gasteiger partial charge in [0, 0.05) is 11.6 Å². The number of nitrogens with zero attached hydrogens (tertiary/aromatic N) is 2. The van der Waals surface area contributed by atoms with Gasteiger partial charge >= 0.3 is 5.63 Å². The number of rotatable bonds is 9. The fourth-order valence-electron chi connectivity index (χ4n) is 4.25. The van der Waals surface area contributed by atoms with Gasteiger partial charge in [-0.15, -0.1) is 5.10 Å². The standard InChI is InChI=1S/C25H31N5O3.ClH/c1-4-30(5-2)15-19(16(3)28-29-25(26)27)21(17-11-7-6-8-12-17)22-23(31)18-13-9-10-14-20(18)33-24(22)32;/h6-14,19,21,31H,4-5,15H2,1-3H3,(H4,26,27,29);1H/b28-16+;. The molecule has 0 aliphatic rings. The predicted octanol–water partition coefficient (Wildman–Crippen LogP) is -1.18. The maximum absolute atomic E-state index is 13.2. The highest BCUT2D eigenvalue weighted by molar-refractivity contribution is 5.88. The van der Waals surface area contributed by atoms with Crippen LogP contribution in [0.2, 0.25) is 0 Å². The molecule has 2 aromatic carbocycles. The van der Waals surface area contributed by atoms with Gasteiger partial charge in [0.15, 0.2) is 0 Å². The molecule has 182 valence electrons. The van der Waals surface area contributed by atoms with Gasteiger partial charge in [0.1, 0.15) is 11.3 Å². The number of fused-ring (bicyclic) bond motifs is 1. The third-order valence-corrected chi connectivity index (χ3v) is 6.06. The first kappa shape index (κ1) is 26.9. The van der Waals surface area contributed by atoms with E-state index in [2.05, 4.69) is 24.1 Å². The van der Waals surface area contributed by atoms with Crippen molar-refractivity contribution >= 4 is 22.6 Å². The molecule has 3 aromatic rings. The Morgan fingerprint density at radius 2 is 1.65 bits per heavy atom. The van der Waals surface area contributed by atoms with Crippen molar-refractivity contribution in [3.05, 3.63) is 76.1 Å². The van der Waals surface area contributed by atoms with Crippen molar-refractivity contribution in [2.45, 2.75) is 26.7 Å². The molecule has 0 radical (unpaired) electrons. The lowest BCUT2D eigenvalue weighted by molar-refractivity contribution is -0.898. The lowest BCUT2D eigenvalue weighted by atomic mass is 9.78. The molecule has 8 nitrogen and oxygen atoms in total. The van der Waals surface area contributed by atoms with Gasteiger partial charge in [-0.3, -0.25) is 0 Å². The summed E-state index contributed by atoms with van der Waals surface area (Å²) in [5.74, 6) is -1.02. The average Bonchev–Trinajstić information content (AvgIpc) is 2.82. The highest BCUT2D eigenvalue weighted by atomic mass is 35.5. The number of para-hydroxylation sites is 1. The second-order valence-electron chi connectivity index (χ2n) is 8.07. The zero-order chi connectivity index (χ0) is 24.0. The van der Waals surface area contributed by atoms with Crippen LogP contribution in [0.4, 0.5) is 0 Å². The molecule has 0 saturated carbocycles. The van der Waals surface area contributed by atoms with Crippen LogP contribution in [-0.2, 0) is 0 Å². The number of hydrogen-bond acceptors (Lipinski definition) is 5. The number of nitrogens with two attached hydrogens (primary N) is 2. The molecule has 0 saturated heterocycles.